The number of esters is 2. The molecule has 0 radical (unpaired) electrons. The predicted molar refractivity (Wildman–Crippen MR) is 94.5 cm³/mol. The Morgan fingerprint density at radius 2 is 1.88 bits per heavy atom. The second-order valence-electron chi connectivity index (χ2n) is 7.05. The highest BCUT2D eigenvalue weighted by atomic mass is 16.6. The zero-order chi connectivity index (χ0) is 18.4. The molecule has 0 aromatic heterocycles. The van der Waals surface area contributed by atoms with E-state index in [0.29, 0.717) is 6.42 Å². The van der Waals surface area contributed by atoms with Crippen molar-refractivity contribution >= 4 is 11.9 Å². The van der Waals surface area contributed by atoms with Crippen molar-refractivity contribution < 1.29 is 23.8 Å². The molecule has 5 nitrogen and oxygen atoms in total. The van der Waals surface area contributed by atoms with Crippen LogP contribution >= 0.6 is 0 Å². The van der Waals surface area contributed by atoms with Gasteiger partial charge in [-0.25, -0.2) is 0 Å². The topological polar surface area (TPSA) is 61.8 Å². The molecule has 1 aromatic rings. The van der Waals surface area contributed by atoms with Gasteiger partial charge >= 0.3 is 11.9 Å². The molecule has 0 spiro atoms. The fraction of sp³-hybridized carbons (Fsp3) is 0.600. The summed E-state index contributed by atoms with van der Waals surface area (Å²) in [5.41, 5.74) is 1.86. The number of methoxy groups -OCH3 is 1. The first-order valence-electron chi connectivity index (χ1n) is 8.89. The fourth-order valence-electron chi connectivity index (χ4n) is 2.88. The van der Waals surface area contributed by atoms with Gasteiger partial charge in [-0.05, 0) is 56.4 Å². The summed E-state index contributed by atoms with van der Waals surface area (Å²) in [6, 6.07) is 6.07. The number of carbonyl (C=O) groups excluding carboxylic acids is 2. The number of ether oxygens (including phenoxy) is 3. The molecule has 0 N–H and O–H groups in total. The lowest BCUT2D eigenvalue weighted by molar-refractivity contribution is -0.166. The van der Waals surface area contributed by atoms with Crippen LogP contribution in [0.5, 0.6) is 5.75 Å². The third-order valence-electron chi connectivity index (χ3n) is 4.75. The lowest BCUT2D eigenvalue weighted by atomic mass is 9.88. The average molecular weight is 348 g/mol. The molecule has 0 aliphatic heterocycles. The minimum Gasteiger partial charge on any atom is -0.493 e. The number of fused-ring (bicyclic) bond motifs is 1. The predicted octanol–water partition coefficient (Wildman–Crippen LogP) is 3.47. The van der Waals surface area contributed by atoms with Gasteiger partial charge in [0.05, 0.1) is 20.1 Å². The quantitative estimate of drug-likeness (QED) is 0.640. The van der Waals surface area contributed by atoms with E-state index >= 15 is 0 Å². The number of rotatable bonds is 9. The van der Waals surface area contributed by atoms with Crippen LogP contribution in [0.25, 0.3) is 0 Å². The maximum atomic E-state index is 11.9. The SMILES string of the molecule is CCCC(=O)OC(C)(C)C(COc1ccc2c(c1)CC2)CC(=O)OC. The molecule has 0 saturated carbocycles. The first-order valence-corrected chi connectivity index (χ1v) is 8.89. The average Bonchev–Trinajstić information content (AvgIpc) is 2.52. The van der Waals surface area contributed by atoms with E-state index in [0.717, 1.165) is 25.0 Å². The fourth-order valence-corrected chi connectivity index (χ4v) is 2.88. The first-order chi connectivity index (χ1) is 11.9. The monoisotopic (exact) mass is 348 g/mol. The summed E-state index contributed by atoms with van der Waals surface area (Å²) in [5.74, 6) is -0.121. The van der Waals surface area contributed by atoms with Crippen LogP contribution in [0.15, 0.2) is 18.2 Å². The zero-order valence-electron chi connectivity index (χ0n) is 15.6. The Balaban J connectivity index is 2.04. The van der Waals surface area contributed by atoms with Gasteiger partial charge in [-0.1, -0.05) is 13.0 Å². The van der Waals surface area contributed by atoms with Crippen LogP contribution in [-0.2, 0) is 31.9 Å². The highest BCUT2D eigenvalue weighted by Gasteiger charge is 2.36. The molecular weight excluding hydrogens is 320 g/mol. The van der Waals surface area contributed by atoms with Gasteiger partial charge < -0.3 is 14.2 Å². The van der Waals surface area contributed by atoms with Crippen molar-refractivity contribution in [2.75, 3.05) is 13.7 Å². The Morgan fingerprint density at radius 3 is 2.44 bits per heavy atom. The van der Waals surface area contributed by atoms with Crippen molar-refractivity contribution in [3.8, 4) is 5.75 Å². The van der Waals surface area contributed by atoms with E-state index in [1.165, 1.54) is 18.2 Å². The second kappa shape index (κ2) is 8.37. The lowest BCUT2D eigenvalue weighted by Gasteiger charge is -2.33. The van der Waals surface area contributed by atoms with Crippen molar-refractivity contribution in [2.24, 2.45) is 5.92 Å². The van der Waals surface area contributed by atoms with Crippen LogP contribution in [0.2, 0.25) is 0 Å². The molecule has 1 atom stereocenters. The van der Waals surface area contributed by atoms with E-state index in [4.69, 9.17) is 14.2 Å². The summed E-state index contributed by atoms with van der Waals surface area (Å²) in [6.07, 6.45) is 3.43. The molecule has 138 valence electrons. The van der Waals surface area contributed by atoms with Gasteiger partial charge in [-0.15, -0.1) is 0 Å². The molecule has 1 aliphatic carbocycles. The minimum atomic E-state index is -0.819. The molecule has 5 heteroatoms. The highest BCUT2D eigenvalue weighted by Crippen LogP contribution is 2.30. The summed E-state index contributed by atoms with van der Waals surface area (Å²) >= 11 is 0. The molecule has 0 amide bonds. The van der Waals surface area contributed by atoms with Crippen molar-refractivity contribution in [1.29, 1.82) is 0 Å². The van der Waals surface area contributed by atoms with E-state index in [2.05, 4.69) is 6.07 Å². The van der Waals surface area contributed by atoms with Gasteiger partial charge in [-0.3, -0.25) is 9.59 Å². The van der Waals surface area contributed by atoms with E-state index in [1.54, 1.807) is 0 Å². The Bertz CT molecular complexity index is 621. The van der Waals surface area contributed by atoms with Crippen molar-refractivity contribution in [1.82, 2.24) is 0 Å². The zero-order valence-corrected chi connectivity index (χ0v) is 15.6. The molecule has 0 saturated heterocycles. The van der Waals surface area contributed by atoms with Gasteiger partial charge in [0, 0.05) is 12.3 Å². The number of hydrogen-bond acceptors (Lipinski definition) is 5. The highest BCUT2D eigenvalue weighted by molar-refractivity contribution is 5.71. The Labute approximate surface area is 149 Å². The maximum absolute atomic E-state index is 11.9. The lowest BCUT2D eigenvalue weighted by Crippen LogP contribution is -2.41. The normalized spacial score (nSPS) is 14.1. The van der Waals surface area contributed by atoms with Crippen molar-refractivity contribution in [3.05, 3.63) is 29.3 Å². The molecule has 1 aromatic carbocycles. The van der Waals surface area contributed by atoms with Gasteiger partial charge in [0.15, 0.2) is 0 Å². The number of benzene rings is 1. The van der Waals surface area contributed by atoms with Crippen LogP contribution in [0.4, 0.5) is 0 Å². The Kier molecular flexibility index (Phi) is 6.45. The summed E-state index contributed by atoms with van der Waals surface area (Å²) in [5, 5.41) is 0. The number of hydrogen-bond donors (Lipinski definition) is 0. The summed E-state index contributed by atoms with van der Waals surface area (Å²) in [4.78, 5) is 23.7. The smallest absolute Gasteiger partial charge is 0.306 e. The first kappa shape index (κ1) is 19.3. The molecule has 0 heterocycles. The van der Waals surface area contributed by atoms with E-state index in [1.807, 2.05) is 32.9 Å². The van der Waals surface area contributed by atoms with Gasteiger partial charge in [0.1, 0.15) is 11.4 Å². The third kappa shape index (κ3) is 5.21. The van der Waals surface area contributed by atoms with E-state index in [-0.39, 0.29) is 30.9 Å². The summed E-state index contributed by atoms with van der Waals surface area (Å²) in [6.45, 7) is 5.83. The van der Waals surface area contributed by atoms with E-state index < -0.39 is 5.60 Å². The van der Waals surface area contributed by atoms with Gasteiger partial charge in [0.25, 0.3) is 0 Å². The Hall–Kier alpha value is -2.04. The van der Waals surface area contributed by atoms with Crippen molar-refractivity contribution in [3.63, 3.8) is 0 Å². The largest absolute Gasteiger partial charge is 0.493 e. The molecule has 25 heavy (non-hydrogen) atoms. The Morgan fingerprint density at radius 1 is 1.16 bits per heavy atom. The molecule has 1 aliphatic rings. The summed E-state index contributed by atoms with van der Waals surface area (Å²) < 4.78 is 16.3. The summed E-state index contributed by atoms with van der Waals surface area (Å²) in [7, 11) is 1.35. The minimum absolute atomic E-state index is 0.133. The van der Waals surface area contributed by atoms with Gasteiger partial charge in [0.2, 0.25) is 0 Å². The third-order valence-corrected chi connectivity index (χ3v) is 4.75. The molecule has 1 unspecified atom stereocenters. The second-order valence-corrected chi connectivity index (χ2v) is 7.05. The van der Waals surface area contributed by atoms with Crippen LogP contribution in [-0.4, -0.2) is 31.3 Å². The molecule has 0 bridgehead atoms. The maximum Gasteiger partial charge on any atom is 0.306 e. The molecule has 0 fully saturated rings. The standard InChI is InChI=1S/C20H28O5/c1-5-6-18(21)25-20(2,3)16(12-19(22)23-4)13-24-17-10-9-14-7-8-15(14)11-17/h9-11,16H,5-8,12-13H2,1-4H3. The van der Waals surface area contributed by atoms with Crippen LogP contribution < -0.4 is 4.74 Å². The van der Waals surface area contributed by atoms with Crippen LogP contribution in [0.1, 0.15) is 51.2 Å². The molecular formula is C20H28O5. The van der Waals surface area contributed by atoms with Crippen LogP contribution in [0.3, 0.4) is 0 Å². The van der Waals surface area contributed by atoms with Crippen molar-refractivity contribution in [2.45, 2.75) is 58.5 Å². The van der Waals surface area contributed by atoms with Gasteiger partial charge in [-0.2, -0.15) is 0 Å². The van der Waals surface area contributed by atoms with E-state index in [9.17, 15) is 9.59 Å². The molecule has 2 rings (SSSR count). The number of carbonyl (C=O) groups is 2. The van der Waals surface area contributed by atoms with Crippen LogP contribution in [0, 0.1) is 5.92 Å². The number of aryl methyl sites for hydroxylation is 2.